The van der Waals surface area contributed by atoms with Crippen LogP contribution in [-0.2, 0) is 6.18 Å². The summed E-state index contributed by atoms with van der Waals surface area (Å²) in [5.74, 6) is 0.625. The molecule has 0 radical (unpaired) electrons. The highest BCUT2D eigenvalue weighted by Gasteiger charge is 2.34. The van der Waals surface area contributed by atoms with Gasteiger partial charge in [0.15, 0.2) is 0 Å². The second kappa shape index (κ2) is 4.94. The highest BCUT2D eigenvalue weighted by atomic mass is 19.4. The molecule has 5 heteroatoms. The number of pyridine rings is 1. The molecule has 94 valence electrons. The molecule has 1 aliphatic carbocycles. The Morgan fingerprint density at radius 1 is 1.35 bits per heavy atom. The Balaban J connectivity index is 1.94. The molecule has 2 nitrogen and oxygen atoms in total. The molecule has 1 aromatic rings. The molecule has 0 unspecified atom stereocenters. The minimum Gasteiger partial charge on any atom is -0.370 e. The predicted molar refractivity (Wildman–Crippen MR) is 59.7 cm³/mol. The Kier molecular flexibility index (Phi) is 3.54. The van der Waals surface area contributed by atoms with Gasteiger partial charge in [0.25, 0.3) is 0 Å². The molecule has 17 heavy (non-hydrogen) atoms. The maximum absolute atomic E-state index is 12.6. The lowest BCUT2D eigenvalue weighted by atomic mass is 9.83. The van der Waals surface area contributed by atoms with Crippen molar-refractivity contribution in [2.45, 2.75) is 31.9 Å². The minimum atomic E-state index is -4.34. The molecule has 0 amide bonds. The molecule has 1 heterocycles. The maximum Gasteiger partial charge on any atom is 0.419 e. The monoisotopic (exact) mass is 244 g/mol. The molecule has 2 rings (SSSR count). The Morgan fingerprint density at radius 2 is 2.12 bits per heavy atom. The third-order valence-electron chi connectivity index (χ3n) is 3.18. The van der Waals surface area contributed by atoms with E-state index < -0.39 is 11.7 Å². The van der Waals surface area contributed by atoms with Gasteiger partial charge in [-0.25, -0.2) is 4.98 Å². The number of nitrogens with zero attached hydrogens (tertiary/aromatic N) is 1. The van der Waals surface area contributed by atoms with E-state index in [0.29, 0.717) is 12.5 Å². The van der Waals surface area contributed by atoms with E-state index in [2.05, 4.69) is 10.3 Å². The third kappa shape index (κ3) is 3.11. The molecule has 0 atom stereocenters. The fourth-order valence-corrected chi connectivity index (χ4v) is 1.95. The van der Waals surface area contributed by atoms with E-state index in [4.69, 9.17) is 0 Å². The lowest BCUT2D eigenvalue weighted by Gasteiger charge is -2.25. The van der Waals surface area contributed by atoms with Crippen molar-refractivity contribution in [2.75, 3.05) is 11.9 Å². The van der Waals surface area contributed by atoms with Crippen molar-refractivity contribution in [3.05, 3.63) is 23.9 Å². The van der Waals surface area contributed by atoms with Crippen molar-refractivity contribution < 1.29 is 13.2 Å². The highest BCUT2D eigenvalue weighted by molar-refractivity contribution is 5.45. The first-order valence-electron chi connectivity index (χ1n) is 5.83. The zero-order chi connectivity index (χ0) is 12.3. The largest absolute Gasteiger partial charge is 0.419 e. The summed E-state index contributed by atoms with van der Waals surface area (Å²) in [4.78, 5) is 3.75. The summed E-state index contributed by atoms with van der Waals surface area (Å²) in [5.41, 5.74) is -0.686. The number of hydrogen-bond donors (Lipinski definition) is 1. The Morgan fingerprint density at radius 3 is 2.71 bits per heavy atom. The SMILES string of the molecule is FC(F)(F)c1cccnc1NCCC1CCC1. The predicted octanol–water partition coefficient (Wildman–Crippen LogP) is 3.70. The standard InChI is InChI=1S/C12H15F3N2/c13-12(14,15)10-5-2-7-16-11(10)17-8-6-9-3-1-4-9/h2,5,7,9H,1,3-4,6,8H2,(H,16,17). The van der Waals surface area contributed by atoms with Gasteiger partial charge < -0.3 is 5.32 Å². The summed E-state index contributed by atoms with van der Waals surface area (Å²) in [7, 11) is 0. The average molecular weight is 244 g/mol. The fourth-order valence-electron chi connectivity index (χ4n) is 1.95. The number of anilines is 1. The lowest BCUT2D eigenvalue weighted by molar-refractivity contribution is -0.137. The summed E-state index contributed by atoms with van der Waals surface area (Å²) < 4.78 is 37.9. The van der Waals surface area contributed by atoms with E-state index in [0.717, 1.165) is 12.5 Å². The molecular weight excluding hydrogens is 229 g/mol. The van der Waals surface area contributed by atoms with E-state index in [1.807, 2.05) is 0 Å². The second-order valence-corrected chi connectivity index (χ2v) is 4.41. The van der Waals surface area contributed by atoms with Crippen LogP contribution in [0.5, 0.6) is 0 Å². The van der Waals surface area contributed by atoms with Gasteiger partial charge in [-0.3, -0.25) is 0 Å². The quantitative estimate of drug-likeness (QED) is 0.873. The molecule has 0 aliphatic heterocycles. The minimum absolute atomic E-state index is 0.0562. The van der Waals surface area contributed by atoms with Gasteiger partial charge >= 0.3 is 6.18 Å². The van der Waals surface area contributed by atoms with E-state index in [1.165, 1.54) is 31.5 Å². The Hall–Kier alpha value is -1.26. The van der Waals surface area contributed by atoms with Crippen LogP contribution in [0, 0.1) is 5.92 Å². The van der Waals surface area contributed by atoms with Crippen LogP contribution >= 0.6 is 0 Å². The third-order valence-corrected chi connectivity index (χ3v) is 3.18. The zero-order valence-corrected chi connectivity index (χ0v) is 9.43. The Labute approximate surface area is 98.2 Å². The van der Waals surface area contributed by atoms with Crippen LogP contribution in [-0.4, -0.2) is 11.5 Å². The van der Waals surface area contributed by atoms with Crippen LogP contribution in [0.2, 0.25) is 0 Å². The van der Waals surface area contributed by atoms with Crippen LogP contribution in [0.1, 0.15) is 31.2 Å². The number of nitrogens with one attached hydrogen (secondary N) is 1. The smallest absolute Gasteiger partial charge is 0.370 e. The average Bonchev–Trinajstić information content (AvgIpc) is 2.21. The van der Waals surface area contributed by atoms with Gasteiger partial charge in [-0.1, -0.05) is 19.3 Å². The van der Waals surface area contributed by atoms with Crippen molar-refractivity contribution in [3.63, 3.8) is 0 Å². The first kappa shape index (κ1) is 12.2. The summed E-state index contributed by atoms with van der Waals surface area (Å²) in [6.07, 6.45) is 1.62. The van der Waals surface area contributed by atoms with Crippen LogP contribution in [0.15, 0.2) is 18.3 Å². The van der Waals surface area contributed by atoms with Crippen LogP contribution < -0.4 is 5.32 Å². The summed E-state index contributed by atoms with van der Waals surface area (Å²) in [6.45, 7) is 0.560. The van der Waals surface area contributed by atoms with Gasteiger partial charge in [-0.2, -0.15) is 13.2 Å². The Bertz CT molecular complexity index is 372. The van der Waals surface area contributed by atoms with Crippen molar-refractivity contribution in [1.82, 2.24) is 4.98 Å². The molecule has 1 saturated carbocycles. The first-order chi connectivity index (χ1) is 8.07. The zero-order valence-electron chi connectivity index (χ0n) is 9.43. The van der Waals surface area contributed by atoms with E-state index in [1.54, 1.807) is 0 Å². The van der Waals surface area contributed by atoms with Gasteiger partial charge in [0.05, 0.1) is 5.56 Å². The van der Waals surface area contributed by atoms with Crippen molar-refractivity contribution in [2.24, 2.45) is 5.92 Å². The van der Waals surface area contributed by atoms with Crippen LogP contribution in [0.3, 0.4) is 0 Å². The number of alkyl halides is 3. The molecule has 0 aromatic carbocycles. The number of halogens is 3. The number of aromatic nitrogens is 1. The number of hydrogen-bond acceptors (Lipinski definition) is 2. The summed E-state index contributed by atoms with van der Waals surface area (Å²) in [5, 5.41) is 2.79. The maximum atomic E-state index is 12.6. The molecule has 1 fully saturated rings. The summed E-state index contributed by atoms with van der Waals surface area (Å²) >= 11 is 0. The van der Waals surface area contributed by atoms with Gasteiger partial charge in [0, 0.05) is 12.7 Å². The molecular formula is C12H15F3N2. The molecule has 0 saturated heterocycles. The molecule has 0 spiro atoms. The number of rotatable bonds is 4. The van der Waals surface area contributed by atoms with E-state index >= 15 is 0 Å². The molecule has 1 aromatic heterocycles. The van der Waals surface area contributed by atoms with Crippen molar-refractivity contribution >= 4 is 5.82 Å². The van der Waals surface area contributed by atoms with Crippen LogP contribution in [0.4, 0.5) is 19.0 Å². The van der Waals surface area contributed by atoms with Gasteiger partial charge in [-0.15, -0.1) is 0 Å². The molecule has 1 N–H and O–H groups in total. The molecule has 1 aliphatic rings. The topological polar surface area (TPSA) is 24.9 Å². The van der Waals surface area contributed by atoms with Gasteiger partial charge in [-0.05, 0) is 24.5 Å². The van der Waals surface area contributed by atoms with Crippen LogP contribution in [0.25, 0.3) is 0 Å². The highest BCUT2D eigenvalue weighted by Crippen LogP contribution is 2.34. The van der Waals surface area contributed by atoms with Gasteiger partial charge in [0.2, 0.25) is 0 Å². The fraction of sp³-hybridized carbons (Fsp3) is 0.583. The second-order valence-electron chi connectivity index (χ2n) is 4.41. The van der Waals surface area contributed by atoms with Gasteiger partial charge in [0.1, 0.15) is 5.82 Å². The van der Waals surface area contributed by atoms with E-state index in [9.17, 15) is 13.2 Å². The van der Waals surface area contributed by atoms with Crippen molar-refractivity contribution in [1.29, 1.82) is 0 Å². The first-order valence-corrected chi connectivity index (χ1v) is 5.83. The summed E-state index contributed by atoms with van der Waals surface area (Å²) in [6, 6.07) is 2.36. The molecule has 0 bridgehead atoms. The van der Waals surface area contributed by atoms with Crippen molar-refractivity contribution in [3.8, 4) is 0 Å². The van der Waals surface area contributed by atoms with E-state index in [-0.39, 0.29) is 5.82 Å². The normalized spacial score (nSPS) is 16.6. The lowest BCUT2D eigenvalue weighted by Crippen LogP contribution is -2.18.